The topological polar surface area (TPSA) is 29.5 Å². The third kappa shape index (κ3) is 1.28. The fourth-order valence-corrected chi connectivity index (χ4v) is 2.05. The van der Waals surface area contributed by atoms with Crippen molar-refractivity contribution in [2.75, 3.05) is 13.2 Å². The van der Waals surface area contributed by atoms with Crippen LogP contribution in [0, 0.1) is 5.92 Å². The van der Waals surface area contributed by atoms with E-state index in [1.165, 1.54) is 12.8 Å². The quantitative estimate of drug-likeness (QED) is 0.597. The summed E-state index contributed by atoms with van der Waals surface area (Å²) in [5.41, 5.74) is 0. The summed E-state index contributed by atoms with van der Waals surface area (Å²) >= 11 is 0. The Morgan fingerprint density at radius 1 is 1.67 bits per heavy atom. The summed E-state index contributed by atoms with van der Waals surface area (Å²) in [4.78, 5) is 13.2. The standard InChI is InChI=1S/C9H15NO2/c1-2-12-9(11)10-5-3-4-7-6-8(7)10/h7-8H,2-6H2,1H3. The summed E-state index contributed by atoms with van der Waals surface area (Å²) in [5.74, 6) is 0.795. The average molecular weight is 169 g/mol. The molecule has 0 aromatic rings. The molecule has 1 aliphatic carbocycles. The van der Waals surface area contributed by atoms with Crippen molar-refractivity contribution in [3.63, 3.8) is 0 Å². The Bertz CT molecular complexity index is 193. The molecule has 0 spiro atoms. The number of ether oxygens (including phenoxy) is 1. The van der Waals surface area contributed by atoms with Crippen LogP contribution in [0.25, 0.3) is 0 Å². The average Bonchev–Trinajstić information content (AvgIpc) is 2.81. The molecule has 2 rings (SSSR count). The molecule has 0 aromatic heterocycles. The molecule has 0 radical (unpaired) electrons. The molecule has 3 nitrogen and oxygen atoms in total. The molecular formula is C9H15NO2. The van der Waals surface area contributed by atoms with E-state index < -0.39 is 0 Å². The van der Waals surface area contributed by atoms with E-state index in [1.807, 2.05) is 11.8 Å². The number of likely N-dealkylation sites (tertiary alicyclic amines) is 1. The molecule has 1 aliphatic heterocycles. The van der Waals surface area contributed by atoms with E-state index in [1.54, 1.807) is 0 Å². The maximum absolute atomic E-state index is 11.3. The second-order valence-corrected chi connectivity index (χ2v) is 3.60. The fraction of sp³-hybridized carbons (Fsp3) is 0.889. The zero-order valence-electron chi connectivity index (χ0n) is 7.45. The van der Waals surface area contributed by atoms with Crippen molar-refractivity contribution >= 4 is 6.09 Å². The number of hydrogen-bond donors (Lipinski definition) is 0. The van der Waals surface area contributed by atoms with Crippen molar-refractivity contribution in [1.82, 2.24) is 4.90 Å². The lowest BCUT2D eigenvalue weighted by molar-refractivity contribution is 0.0959. The van der Waals surface area contributed by atoms with Crippen molar-refractivity contribution in [2.24, 2.45) is 5.92 Å². The Kier molecular flexibility index (Phi) is 1.95. The molecule has 1 amide bonds. The highest BCUT2D eigenvalue weighted by Crippen LogP contribution is 2.43. The third-order valence-corrected chi connectivity index (χ3v) is 2.76. The Labute approximate surface area is 72.7 Å². The van der Waals surface area contributed by atoms with Crippen molar-refractivity contribution in [3.05, 3.63) is 0 Å². The molecule has 2 atom stereocenters. The van der Waals surface area contributed by atoms with E-state index in [9.17, 15) is 4.79 Å². The molecule has 0 aromatic carbocycles. The second kappa shape index (κ2) is 2.96. The van der Waals surface area contributed by atoms with Gasteiger partial charge in [0.15, 0.2) is 0 Å². The minimum absolute atomic E-state index is 0.107. The number of piperidine rings is 1. The first-order valence-electron chi connectivity index (χ1n) is 4.76. The number of amides is 1. The summed E-state index contributed by atoms with van der Waals surface area (Å²) in [6, 6.07) is 0.526. The predicted molar refractivity (Wildman–Crippen MR) is 44.9 cm³/mol. The van der Waals surface area contributed by atoms with Gasteiger partial charge < -0.3 is 9.64 Å². The number of carbonyl (C=O) groups is 1. The molecule has 0 bridgehead atoms. The number of carbonyl (C=O) groups excluding carboxylic acids is 1. The van der Waals surface area contributed by atoms with Gasteiger partial charge in [-0.2, -0.15) is 0 Å². The number of fused-ring (bicyclic) bond motifs is 1. The van der Waals surface area contributed by atoms with E-state index >= 15 is 0 Å². The van der Waals surface area contributed by atoms with Crippen LogP contribution in [0.15, 0.2) is 0 Å². The third-order valence-electron chi connectivity index (χ3n) is 2.76. The smallest absolute Gasteiger partial charge is 0.410 e. The van der Waals surface area contributed by atoms with Crippen molar-refractivity contribution in [3.8, 4) is 0 Å². The van der Waals surface area contributed by atoms with Gasteiger partial charge in [0.05, 0.1) is 6.61 Å². The first-order valence-corrected chi connectivity index (χ1v) is 4.76. The summed E-state index contributed by atoms with van der Waals surface area (Å²) in [7, 11) is 0. The molecule has 1 heterocycles. The number of nitrogens with zero attached hydrogens (tertiary/aromatic N) is 1. The van der Waals surface area contributed by atoms with Crippen LogP contribution in [-0.2, 0) is 4.74 Å². The molecule has 3 heteroatoms. The van der Waals surface area contributed by atoms with Crippen molar-refractivity contribution in [1.29, 1.82) is 0 Å². The molecule has 0 N–H and O–H groups in total. The molecule has 12 heavy (non-hydrogen) atoms. The van der Waals surface area contributed by atoms with Crippen LogP contribution >= 0.6 is 0 Å². The zero-order chi connectivity index (χ0) is 8.55. The van der Waals surface area contributed by atoms with Crippen molar-refractivity contribution in [2.45, 2.75) is 32.2 Å². The minimum atomic E-state index is -0.107. The normalized spacial score (nSPS) is 32.6. The van der Waals surface area contributed by atoms with Gasteiger partial charge in [0.1, 0.15) is 0 Å². The highest BCUT2D eigenvalue weighted by atomic mass is 16.6. The largest absolute Gasteiger partial charge is 0.450 e. The van der Waals surface area contributed by atoms with Gasteiger partial charge in [0, 0.05) is 12.6 Å². The Hall–Kier alpha value is -0.730. The van der Waals surface area contributed by atoms with Crippen LogP contribution in [0.5, 0.6) is 0 Å². The predicted octanol–water partition coefficient (Wildman–Crippen LogP) is 1.63. The maximum atomic E-state index is 11.3. The van der Waals surface area contributed by atoms with E-state index in [-0.39, 0.29) is 6.09 Å². The first kappa shape index (κ1) is 7.90. The summed E-state index contributed by atoms with van der Waals surface area (Å²) in [6.07, 6.45) is 3.56. The fourth-order valence-electron chi connectivity index (χ4n) is 2.05. The Balaban J connectivity index is 1.90. The lowest BCUT2D eigenvalue weighted by Gasteiger charge is -2.25. The molecule has 1 saturated carbocycles. The van der Waals surface area contributed by atoms with Gasteiger partial charge in [-0.05, 0) is 32.1 Å². The Morgan fingerprint density at radius 3 is 3.25 bits per heavy atom. The summed E-state index contributed by atoms with van der Waals surface area (Å²) in [6.45, 7) is 3.25. The lowest BCUT2D eigenvalue weighted by atomic mass is 10.1. The monoisotopic (exact) mass is 169 g/mol. The van der Waals surface area contributed by atoms with E-state index in [0.717, 1.165) is 18.9 Å². The van der Waals surface area contributed by atoms with Gasteiger partial charge in [-0.3, -0.25) is 0 Å². The zero-order valence-corrected chi connectivity index (χ0v) is 7.45. The lowest BCUT2D eigenvalue weighted by Crippen LogP contribution is -2.37. The van der Waals surface area contributed by atoms with Gasteiger partial charge in [-0.15, -0.1) is 0 Å². The molecule has 1 saturated heterocycles. The van der Waals surface area contributed by atoms with Gasteiger partial charge >= 0.3 is 6.09 Å². The van der Waals surface area contributed by atoms with Gasteiger partial charge in [0.25, 0.3) is 0 Å². The van der Waals surface area contributed by atoms with Crippen LogP contribution in [-0.4, -0.2) is 30.2 Å². The molecule has 68 valence electrons. The van der Waals surface area contributed by atoms with Gasteiger partial charge in [0.2, 0.25) is 0 Å². The SMILES string of the molecule is CCOC(=O)N1CCCC2CC21. The number of hydrogen-bond acceptors (Lipinski definition) is 2. The Morgan fingerprint density at radius 2 is 2.50 bits per heavy atom. The van der Waals surface area contributed by atoms with Gasteiger partial charge in [-0.1, -0.05) is 0 Å². The van der Waals surface area contributed by atoms with Crippen LogP contribution in [0.1, 0.15) is 26.2 Å². The van der Waals surface area contributed by atoms with Crippen LogP contribution in [0.2, 0.25) is 0 Å². The van der Waals surface area contributed by atoms with E-state index in [4.69, 9.17) is 4.74 Å². The van der Waals surface area contributed by atoms with Crippen LogP contribution < -0.4 is 0 Å². The van der Waals surface area contributed by atoms with Crippen LogP contribution in [0.4, 0.5) is 4.79 Å². The first-order chi connectivity index (χ1) is 5.83. The molecular weight excluding hydrogens is 154 g/mol. The summed E-state index contributed by atoms with van der Waals surface area (Å²) < 4.78 is 4.97. The van der Waals surface area contributed by atoms with Gasteiger partial charge in [-0.25, -0.2) is 4.79 Å². The van der Waals surface area contributed by atoms with Crippen molar-refractivity contribution < 1.29 is 9.53 Å². The molecule has 2 unspecified atom stereocenters. The summed E-state index contributed by atoms with van der Waals surface area (Å²) in [5, 5.41) is 0. The molecule has 2 fully saturated rings. The van der Waals surface area contributed by atoms with Crippen LogP contribution in [0.3, 0.4) is 0 Å². The number of rotatable bonds is 1. The van der Waals surface area contributed by atoms with E-state index in [0.29, 0.717) is 12.6 Å². The highest BCUT2D eigenvalue weighted by Gasteiger charge is 2.46. The maximum Gasteiger partial charge on any atom is 0.410 e. The van der Waals surface area contributed by atoms with E-state index in [2.05, 4.69) is 0 Å². The second-order valence-electron chi connectivity index (χ2n) is 3.60. The highest BCUT2D eigenvalue weighted by molar-refractivity contribution is 5.68. The molecule has 2 aliphatic rings. The minimum Gasteiger partial charge on any atom is -0.450 e.